The number of aromatic nitrogens is 1. The van der Waals surface area contributed by atoms with Crippen LogP contribution in [0.15, 0.2) is 78.6 Å². The molecule has 0 atom stereocenters. The van der Waals surface area contributed by atoms with Crippen LogP contribution in [0.25, 0.3) is 5.57 Å². The van der Waals surface area contributed by atoms with Gasteiger partial charge in [-0.25, -0.2) is 0 Å². The fraction of sp³-hybridized carbons (Fsp3) is 0.0870. The molecule has 1 N–H and O–H groups in total. The number of hydrogen-bond donors (Lipinski definition) is 1. The van der Waals surface area contributed by atoms with E-state index in [2.05, 4.69) is 10.3 Å². The first-order valence-corrected chi connectivity index (χ1v) is 9.52. The van der Waals surface area contributed by atoms with Crippen molar-refractivity contribution >= 4 is 34.7 Å². The summed E-state index contributed by atoms with van der Waals surface area (Å²) in [6, 6.07) is 20.0. The molecule has 144 valence electrons. The van der Waals surface area contributed by atoms with Gasteiger partial charge in [-0.05, 0) is 42.3 Å². The van der Waals surface area contributed by atoms with E-state index >= 15 is 0 Å². The number of carbonyl (C=O) groups is 2. The molecule has 4 rings (SSSR count). The van der Waals surface area contributed by atoms with Gasteiger partial charge in [-0.2, -0.15) is 0 Å². The van der Waals surface area contributed by atoms with E-state index in [0.717, 1.165) is 5.56 Å². The van der Waals surface area contributed by atoms with Crippen molar-refractivity contribution in [2.75, 3.05) is 5.32 Å². The predicted molar refractivity (Wildman–Crippen MR) is 113 cm³/mol. The summed E-state index contributed by atoms with van der Waals surface area (Å²) in [4.78, 5) is 31.9. The maximum Gasteiger partial charge on any atom is 0.278 e. The molecule has 0 fully saturated rings. The minimum Gasteiger partial charge on any atom is -0.350 e. The Bertz CT molecular complexity index is 1110. The number of hydrogen-bond acceptors (Lipinski definition) is 4. The summed E-state index contributed by atoms with van der Waals surface area (Å²) < 4.78 is 0. The summed E-state index contributed by atoms with van der Waals surface area (Å²) in [5, 5.41) is 3.74. The number of nitrogens with zero attached hydrogens (tertiary/aromatic N) is 2. The molecule has 0 bridgehead atoms. The van der Waals surface area contributed by atoms with Crippen LogP contribution in [0.3, 0.4) is 0 Å². The number of rotatable bonds is 5. The zero-order valence-electron chi connectivity index (χ0n) is 15.7. The van der Waals surface area contributed by atoms with Crippen LogP contribution in [0, 0.1) is 6.92 Å². The van der Waals surface area contributed by atoms with Crippen molar-refractivity contribution in [1.82, 2.24) is 9.88 Å². The van der Waals surface area contributed by atoms with E-state index < -0.39 is 0 Å². The predicted octanol–water partition coefficient (Wildman–Crippen LogP) is 4.44. The molecule has 0 unspecified atom stereocenters. The number of carbonyl (C=O) groups excluding carboxylic acids is 2. The van der Waals surface area contributed by atoms with Crippen molar-refractivity contribution in [1.29, 1.82) is 0 Å². The molecular formula is C23H18ClN3O2. The molecule has 1 aromatic heterocycles. The van der Waals surface area contributed by atoms with E-state index in [4.69, 9.17) is 11.6 Å². The maximum atomic E-state index is 13.2. The van der Waals surface area contributed by atoms with Crippen molar-refractivity contribution < 1.29 is 9.59 Å². The lowest BCUT2D eigenvalue weighted by Gasteiger charge is -2.15. The summed E-state index contributed by atoms with van der Waals surface area (Å²) in [6.45, 7) is 1.97. The highest BCUT2D eigenvalue weighted by Crippen LogP contribution is 2.33. The molecule has 2 amide bonds. The number of benzene rings is 2. The van der Waals surface area contributed by atoms with Gasteiger partial charge in [0, 0.05) is 16.9 Å². The quantitative estimate of drug-likeness (QED) is 0.640. The topological polar surface area (TPSA) is 62.3 Å². The molecule has 0 radical (unpaired) electrons. The fourth-order valence-electron chi connectivity index (χ4n) is 3.24. The standard InChI is InChI=1S/C23H18ClN3O2/c1-15-18(24)11-7-12-19(15)26-21-20(16-8-3-2-4-9-16)22(28)27(23(21)29)14-17-10-5-6-13-25-17/h2-13,26H,14H2,1H3. The Balaban J connectivity index is 1.76. The molecule has 2 heterocycles. The van der Waals surface area contributed by atoms with Crippen LogP contribution in [0.2, 0.25) is 5.02 Å². The van der Waals surface area contributed by atoms with Gasteiger partial charge in [-0.3, -0.25) is 19.5 Å². The highest BCUT2D eigenvalue weighted by molar-refractivity contribution is 6.36. The van der Waals surface area contributed by atoms with E-state index in [0.29, 0.717) is 27.5 Å². The molecule has 0 saturated heterocycles. The summed E-state index contributed by atoms with van der Waals surface area (Å²) in [6.07, 6.45) is 1.64. The van der Waals surface area contributed by atoms with Crippen LogP contribution in [0.4, 0.5) is 5.69 Å². The van der Waals surface area contributed by atoms with E-state index in [9.17, 15) is 9.59 Å². The smallest absolute Gasteiger partial charge is 0.278 e. The second-order valence-corrected chi connectivity index (χ2v) is 7.08. The van der Waals surface area contributed by atoms with Gasteiger partial charge in [0.2, 0.25) is 0 Å². The molecule has 1 aliphatic heterocycles. The average molecular weight is 404 g/mol. The van der Waals surface area contributed by atoms with Crippen molar-refractivity contribution in [3.8, 4) is 0 Å². The van der Waals surface area contributed by atoms with Gasteiger partial charge in [0.25, 0.3) is 11.8 Å². The third-order valence-electron chi connectivity index (χ3n) is 4.80. The van der Waals surface area contributed by atoms with Crippen LogP contribution in [0.5, 0.6) is 0 Å². The number of nitrogens with one attached hydrogen (secondary N) is 1. The fourth-order valence-corrected chi connectivity index (χ4v) is 3.41. The Labute approximate surface area is 173 Å². The van der Waals surface area contributed by atoms with Gasteiger partial charge in [0.15, 0.2) is 0 Å². The molecule has 6 heteroatoms. The molecule has 5 nitrogen and oxygen atoms in total. The van der Waals surface area contributed by atoms with Crippen LogP contribution in [-0.2, 0) is 16.1 Å². The molecular weight excluding hydrogens is 386 g/mol. The zero-order valence-corrected chi connectivity index (χ0v) is 16.5. The molecule has 29 heavy (non-hydrogen) atoms. The number of halogens is 1. The molecule has 2 aromatic carbocycles. The highest BCUT2D eigenvalue weighted by atomic mass is 35.5. The van der Waals surface area contributed by atoms with Gasteiger partial charge in [0.05, 0.1) is 17.8 Å². The van der Waals surface area contributed by atoms with Gasteiger partial charge >= 0.3 is 0 Å². The molecule has 1 aliphatic rings. The number of amides is 2. The third kappa shape index (κ3) is 3.65. The Hall–Kier alpha value is -3.44. The maximum absolute atomic E-state index is 13.2. The third-order valence-corrected chi connectivity index (χ3v) is 5.21. The van der Waals surface area contributed by atoms with E-state index in [1.165, 1.54) is 4.90 Å². The number of imide groups is 1. The number of anilines is 1. The van der Waals surface area contributed by atoms with Crippen LogP contribution in [0.1, 0.15) is 16.8 Å². The second kappa shape index (κ2) is 7.89. The van der Waals surface area contributed by atoms with E-state index in [1.807, 2.05) is 49.4 Å². The Morgan fingerprint density at radius 2 is 1.69 bits per heavy atom. The Morgan fingerprint density at radius 1 is 0.931 bits per heavy atom. The minimum atomic E-state index is -0.390. The molecule has 3 aromatic rings. The zero-order chi connectivity index (χ0) is 20.4. The summed E-state index contributed by atoms with van der Waals surface area (Å²) >= 11 is 6.23. The summed E-state index contributed by atoms with van der Waals surface area (Å²) in [5.41, 5.74) is 3.38. The van der Waals surface area contributed by atoms with Crippen LogP contribution in [-0.4, -0.2) is 21.7 Å². The largest absolute Gasteiger partial charge is 0.350 e. The summed E-state index contributed by atoms with van der Waals surface area (Å²) in [5.74, 6) is -0.743. The monoisotopic (exact) mass is 403 g/mol. The first-order chi connectivity index (χ1) is 14.1. The lowest BCUT2D eigenvalue weighted by molar-refractivity contribution is -0.137. The lowest BCUT2D eigenvalue weighted by Crippen LogP contribution is -2.32. The SMILES string of the molecule is Cc1c(Cl)cccc1NC1=C(c2ccccc2)C(=O)N(Cc2ccccn2)C1=O. The highest BCUT2D eigenvalue weighted by Gasteiger charge is 2.39. The molecule has 0 saturated carbocycles. The van der Waals surface area contributed by atoms with Crippen molar-refractivity contribution in [2.45, 2.75) is 13.5 Å². The van der Waals surface area contributed by atoms with E-state index in [1.54, 1.807) is 30.5 Å². The first-order valence-electron chi connectivity index (χ1n) is 9.14. The van der Waals surface area contributed by atoms with Gasteiger partial charge in [-0.1, -0.05) is 54.1 Å². The first kappa shape index (κ1) is 18.9. The van der Waals surface area contributed by atoms with Crippen molar-refractivity contribution in [3.63, 3.8) is 0 Å². The number of pyridine rings is 1. The lowest BCUT2D eigenvalue weighted by atomic mass is 10.0. The van der Waals surface area contributed by atoms with E-state index in [-0.39, 0.29) is 24.1 Å². The minimum absolute atomic E-state index is 0.106. The molecule has 0 spiro atoms. The Kier molecular flexibility index (Phi) is 5.14. The Morgan fingerprint density at radius 3 is 2.41 bits per heavy atom. The van der Waals surface area contributed by atoms with Crippen LogP contribution < -0.4 is 5.32 Å². The van der Waals surface area contributed by atoms with Gasteiger partial charge < -0.3 is 5.32 Å². The van der Waals surface area contributed by atoms with Crippen molar-refractivity contribution in [2.24, 2.45) is 0 Å². The average Bonchev–Trinajstić information content (AvgIpc) is 2.97. The molecule has 0 aliphatic carbocycles. The van der Waals surface area contributed by atoms with Gasteiger partial charge in [0.1, 0.15) is 5.70 Å². The van der Waals surface area contributed by atoms with Crippen LogP contribution >= 0.6 is 11.6 Å². The van der Waals surface area contributed by atoms with Crippen molar-refractivity contribution in [3.05, 3.63) is 100 Å². The second-order valence-electron chi connectivity index (χ2n) is 6.67. The normalized spacial score (nSPS) is 13.9. The summed E-state index contributed by atoms with van der Waals surface area (Å²) in [7, 11) is 0. The van der Waals surface area contributed by atoms with Gasteiger partial charge in [-0.15, -0.1) is 0 Å².